The van der Waals surface area contributed by atoms with Crippen LogP contribution in [0, 0.1) is 12.8 Å². The number of ether oxygens (including phenoxy) is 1. The van der Waals surface area contributed by atoms with E-state index >= 15 is 0 Å². The molecule has 1 saturated carbocycles. The molecule has 0 spiro atoms. The lowest BCUT2D eigenvalue weighted by Crippen LogP contribution is -2.46. The molecule has 3 nitrogen and oxygen atoms in total. The zero-order chi connectivity index (χ0) is 19.4. The van der Waals surface area contributed by atoms with Crippen molar-refractivity contribution in [2.45, 2.75) is 44.5 Å². The summed E-state index contributed by atoms with van der Waals surface area (Å²) >= 11 is 6.20. The van der Waals surface area contributed by atoms with E-state index in [-0.39, 0.29) is 12.0 Å². The molecule has 27 heavy (non-hydrogen) atoms. The first-order chi connectivity index (χ1) is 12.9. The lowest BCUT2D eigenvalue weighted by Gasteiger charge is -2.44. The minimum Gasteiger partial charge on any atom is -0.385 e. The summed E-state index contributed by atoms with van der Waals surface area (Å²) in [6, 6.07) is 16.2. The summed E-state index contributed by atoms with van der Waals surface area (Å²) in [5.74, 6) is 0.114. The van der Waals surface area contributed by atoms with Crippen LogP contribution in [-0.2, 0) is 16.9 Å². The highest BCUT2D eigenvalue weighted by Crippen LogP contribution is 2.43. The van der Waals surface area contributed by atoms with Crippen LogP contribution in [0.5, 0.6) is 0 Å². The Balaban J connectivity index is 1.75. The second-order valence-corrected chi connectivity index (χ2v) is 8.45. The summed E-state index contributed by atoms with van der Waals surface area (Å²) in [4.78, 5) is 2.15. The molecule has 2 aromatic rings. The molecule has 1 fully saturated rings. The van der Waals surface area contributed by atoms with Crippen LogP contribution >= 0.6 is 11.6 Å². The number of aliphatic hydroxyl groups is 1. The van der Waals surface area contributed by atoms with Gasteiger partial charge >= 0.3 is 0 Å². The fraction of sp³-hybridized carbons (Fsp3) is 0.478. The van der Waals surface area contributed by atoms with E-state index in [1.54, 1.807) is 0 Å². The molecule has 3 rings (SSSR count). The number of rotatable bonds is 6. The molecule has 3 unspecified atom stereocenters. The summed E-state index contributed by atoms with van der Waals surface area (Å²) in [6.45, 7) is 3.44. The Kier molecular flexibility index (Phi) is 6.59. The van der Waals surface area contributed by atoms with Crippen molar-refractivity contribution in [3.63, 3.8) is 0 Å². The third-order valence-corrected chi connectivity index (χ3v) is 6.07. The van der Waals surface area contributed by atoms with Gasteiger partial charge in [0.05, 0.1) is 18.3 Å². The van der Waals surface area contributed by atoms with Gasteiger partial charge < -0.3 is 14.7 Å². The Morgan fingerprint density at radius 1 is 1.19 bits per heavy atom. The quantitative estimate of drug-likeness (QED) is 0.773. The van der Waals surface area contributed by atoms with E-state index in [4.69, 9.17) is 16.3 Å². The number of hydrogen-bond donors (Lipinski definition) is 1. The molecule has 146 valence electrons. The Hall–Kier alpha value is -1.39. The molecule has 1 N–H and O–H groups in total. The number of benzene rings is 2. The normalized spacial score (nSPS) is 25.7. The minimum absolute atomic E-state index is 0.114. The monoisotopic (exact) mass is 387 g/mol. The molecule has 2 aromatic carbocycles. The van der Waals surface area contributed by atoms with Crippen LogP contribution in [0.3, 0.4) is 0 Å². The predicted octanol–water partition coefficient (Wildman–Crippen LogP) is 4.78. The van der Waals surface area contributed by atoms with Gasteiger partial charge in [-0.25, -0.2) is 0 Å². The van der Waals surface area contributed by atoms with Crippen LogP contribution in [0.4, 0.5) is 0 Å². The van der Waals surface area contributed by atoms with Crippen molar-refractivity contribution in [3.05, 3.63) is 70.2 Å². The molecule has 0 aliphatic heterocycles. The third-order valence-electron chi connectivity index (χ3n) is 5.64. The summed E-state index contributed by atoms with van der Waals surface area (Å²) in [6.07, 6.45) is 2.58. The van der Waals surface area contributed by atoms with Gasteiger partial charge in [-0.1, -0.05) is 54.1 Å². The van der Waals surface area contributed by atoms with Crippen molar-refractivity contribution >= 4 is 11.6 Å². The zero-order valence-electron chi connectivity index (χ0n) is 16.5. The molecule has 0 aromatic heterocycles. The fourth-order valence-corrected chi connectivity index (χ4v) is 4.23. The topological polar surface area (TPSA) is 32.7 Å². The Morgan fingerprint density at radius 3 is 2.59 bits per heavy atom. The van der Waals surface area contributed by atoms with Crippen molar-refractivity contribution in [1.82, 2.24) is 4.90 Å². The molecule has 0 radical (unpaired) electrons. The van der Waals surface area contributed by atoms with E-state index in [0.29, 0.717) is 13.0 Å². The number of hydrogen-bond acceptors (Lipinski definition) is 3. The number of nitrogens with zero attached hydrogens (tertiary/aromatic N) is 1. The van der Waals surface area contributed by atoms with Crippen molar-refractivity contribution < 1.29 is 9.84 Å². The lowest BCUT2D eigenvalue weighted by atomic mass is 9.70. The third kappa shape index (κ3) is 4.91. The van der Waals surface area contributed by atoms with Crippen LogP contribution in [0.15, 0.2) is 48.5 Å². The molecular formula is C23H30ClNO2. The van der Waals surface area contributed by atoms with Gasteiger partial charge in [0.1, 0.15) is 0 Å². The first kappa shape index (κ1) is 20.3. The SMILES string of the molecule is Cc1cc(C2(O)CCC(OCc3ccccc3)CC2CN(C)C)ccc1Cl. The molecule has 0 heterocycles. The number of aryl methyl sites for hydroxylation is 1. The Morgan fingerprint density at radius 2 is 1.93 bits per heavy atom. The van der Waals surface area contributed by atoms with E-state index in [0.717, 1.165) is 35.5 Å². The molecule has 0 bridgehead atoms. The first-order valence-electron chi connectivity index (χ1n) is 9.68. The second kappa shape index (κ2) is 8.74. The van der Waals surface area contributed by atoms with Gasteiger partial charge in [-0.3, -0.25) is 0 Å². The second-order valence-electron chi connectivity index (χ2n) is 8.04. The van der Waals surface area contributed by atoms with Gasteiger partial charge in [-0.2, -0.15) is 0 Å². The Labute approximate surface area is 167 Å². The first-order valence-corrected chi connectivity index (χ1v) is 10.1. The predicted molar refractivity (Wildman–Crippen MR) is 111 cm³/mol. The van der Waals surface area contributed by atoms with E-state index in [1.807, 2.05) is 43.3 Å². The molecule has 4 heteroatoms. The van der Waals surface area contributed by atoms with Crippen molar-refractivity contribution in [2.75, 3.05) is 20.6 Å². The van der Waals surface area contributed by atoms with Gasteiger partial charge in [0, 0.05) is 17.5 Å². The fourth-order valence-electron chi connectivity index (χ4n) is 4.12. The van der Waals surface area contributed by atoms with Gasteiger partial charge in [-0.15, -0.1) is 0 Å². The highest BCUT2D eigenvalue weighted by Gasteiger charge is 2.44. The van der Waals surface area contributed by atoms with E-state index in [1.165, 1.54) is 5.56 Å². The van der Waals surface area contributed by atoms with Crippen LogP contribution in [0.2, 0.25) is 5.02 Å². The summed E-state index contributed by atoms with van der Waals surface area (Å²) in [5.41, 5.74) is 2.33. The maximum atomic E-state index is 11.6. The van der Waals surface area contributed by atoms with Crippen LogP contribution in [-0.4, -0.2) is 36.8 Å². The minimum atomic E-state index is -0.841. The standard InChI is InChI=1S/C23H30ClNO2/c1-17-13-19(9-10-22(17)24)23(26)12-11-21(14-20(23)15-25(2)3)27-16-18-7-5-4-6-8-18/h4-10,13,20-21,26H,11-12,14-16H2,1-3H3. The molecule has 1 aliphatic rings. The highest BCUT2D eigenvalue weighted by molar-refractivity contribution is 6.31. The summed E-state index contributed by atoms with van der Waals surface area (Å²) in [5, 5.41) is 12.4. The van der Waals surface area contributed by atoms with E-state index in [9.17, 15) is 5.11 Å². The smallest absolute Gasteiger partial charge is 0.0938 e. The van der Waals surface area contributed by atoms with E-state index in [2.05, 4.69) is 31.1 Å². The van der Waals surface area contributed by atoms with Crippen LogP contribution in [0.25, 0.3) is 0 Å². The van der Waals surface area contributed by atoms with Crippen molar-refractivity contribution in [1.29, 1.82) is 0 Å². The lowest BCUT2D eigenvalue weighted by molar-refractivity contribution is -0.110. The molecule has 1 aliphatic carbocycles. The maximum Gasteiger partial charge on any atom is 0.0938 e. The highest BCUT2D eigenvalue weighted by atomic mass is 35.5. The van der Waals surface area contributed by atoms with Gasteiger partial charge in [0.15, 0.2) is 0 Å². The summed E-state index contributed by atoms with van der Waals surface area (Å²) in [7, 11) is 4.12. The van der Waals surface area contributed by atoms with Gasteiger partial charge in [0.25, 0.3) is 0 Å². The average molecular weight is 388 g/mol. The van der Waals surface area contributed by atoms with Gasteiger partial charge in [-0.05, 0) is 63.0 Å². The molecular weight excluding hydrogens is 358 g/mol. The Bertz CT molecular complexity index is 749. The number of halogens is 1. The van der Waals surface area contributed by atoms with Crippen molar-refractivity contribution in [2.24, 2.45) is 5.92 Å². The van der Waals surface area contributed by atoms with Crippen LogP contribution in [0.1, 0.15) is 36.0 Å². The largest absolute Gasteiger partial charge is 0.385 e. The van der Waals surface area contributed by atoms with Crippen LogP contribution < -0.4 is 0 Å². The average Bonchev–Trinajstić information content (AvgIpc) is 2.65. The molecule has 3 atom stereocenters. The molecule has 0 amide bonds. The van der Waals surface area contributed by atoms with Crippen molar-refractivity contribution in [3.8, 4) is 0 Å². The van der Waals surface area contributed by atoms with Gasteiger partial charge in [0.2, 0.25) is 0 Å². The van der Waals surface area contributed by atoms with E-state index < -0.39 is 5.60 Å². The molecule has 0 saturated heterocycles. The maximum absolute atomic E-state index is 11.6. The summed E-state index contributed by atoms with van der Waals surface area (Å²) < 4.78 is 6.20. The zero-order valence-corrected chi connectivity index (χ0v) is 17.2.